The Bertz CT molecular complexity index is 324. The first-order valence-corrected chi connectivity index (χ1v) is 4.73. The normalized spacial score (nSPS) is 25.3. The maximum Gasteiger partial charge on any atom is 0.122 e. The van der Waals surface area contributed by atoms with Crippen LogP contribution in [0.3, 0.4) is 0 Å². The van der Waals surface area contributed by atoms with Crippen LogP contribution in [0.5, 0.6) is 0 Å². The van der Waals surface area contributed by atoms with Gasteiger partial charge in [0, 0.05) is 19.1 Å². The van der Waals surface area contributed by atoms with Crippen molar-refractivity contribution in [2.24, 2.45) is 0 Å². The highest BCUT2D eigenvalue weighted by Crippen LogP contribution is 2.42. The molecule has 2 atom stereocenters. The Hall–Kier alpha value is -1.07. The molecule has 3 N–H and O–H groups in total. The van der Waals surface area contributed by atoms with Crippen LogP contribution < -0.4 is 5.73 Å². The number of aromatic nitrogens is 2. The summed E-state index contributed by atoms with van der Waals surface area (Å²) in [6, 6.07) is 1.86. The molecule has 78 valence electrons. The zero-order chi connectivity index (χ0) is 10.1. The van der Waals surface area contributed by atoms with Crippen LogP contribution in [-0.4, -0.2) is 34.7 Å². The Kier molecular flexibility index (Phi) is 2.43. The molecular formula is C9H15N3O2. The first kappa shape index (κ1) is 9.48. The maximum atomic E-state index is 8.76. The van der Waals surface area contributed by atoms with Gasteiger partial charge in [-0.2, -0.15) is 5.10 Å². The van der Waals surface area contributed by atoms with E-state index < -0.39 is 0 Å². The highest BCUT2D eigenvalue weighted by molar-refractivity contribution is 5.35. The van der Waals surface area contributed by atoms with Gasteiger partial charge in [-0.25, -0.2) is 4.68 Å². The minimum atomic E-state index is 0.0592. The monoisotopic (exact) mass is 197 g/mol. The number of aliphatic hydroxyl groups is 1. The van der Waals surface area contributed by atoms with Crippen LogP contribution in [0.25, 0.3) is 0 Å². The van der Waals surface area contributed by atoms with Crippen molar-refractivity contribution in [1.82, 2.24) is 9.78 Å². The minimum Gasteiger partial charge on any atom is -0.394 e. The number of nitrogen functional groups attached to an aromatic ring is 1. The molecule has 1 aliphatic carbocycles. The molecule has 1 heterocycles. The van der Waals surface area contributed by atoms with Crippen LogP contribution in [0.4, 0.5) is 5.82 Å². The van der Waals surface area contributed by atoms with Crippen LogP contribution in [0.15, 0.2) is 6.07 Å². The summed E-state index contributed by atoms with van der Waals surface area (Å²) in [6.07, 6.45) is 1.32. The first-order chi connectivity index (χ1) is 6.76. The predicted molar refractivity (Wildman–Crippen MR) is 51.9 cm³/mol. The van der Waals surface area contributed by atoms with E-state index in [9.17, 15) is 0 Å². The zero-order valence-electron chi connectivity index (χ0n) is 8.18. The highest BCUT2D eigenvalue weighted by atomic mass is 16.5. The number of methoxy groups -OCH3 is 1. The van der Waals surface area contributed by atoms with E-state index in [1.54, 1.807) is 11.8 Å². The molecule has 14 heavy (non-hydrogen) atoms. The standard InChI is InChI=1S/C9H15N3O2/c1-14-8-4-6(8)7-5-9(10)12(11-7)2-3-13/h5-6,8,13H,2-4,10H2,1H3. The van der Waals surface area contributed by atoms with Crippen LogP contribution in [-0.2, 0) is 11.3 Å². The number of hydrogen-bond donors (Lipinski definition) is 2. The topological polar surface area (TPSA) is 73.3 Å². The van der Waals surface area contributed by atoms with Crippen molar-refractivity contribution in [3.05, 3.63) is 11.8 Å². The summed E-state index contributed by atoms with van der Waals surface area (Å²) in [5.74, 6) is 0.998. The Morgan fingerprint density at radius 3 is 3.14 bits per heavy atom. The van der Waals surface area contributed by atoms with E-state index in [2.05, 4.69) is 5.10 Å². The molecule has 0 bridgehead atoms. The molecule has 0 spiro atoms. The van der Waals surface area contributed by atoms with Gasteiger partial charge in [0.25, 0.3) is 0 Å². The third-order valence-electron chi connectivity index (χ3n) is 2.56. The predicted octanol–water partition coefficient (Wildman–Crippen LogP) is -0.0401. The molecule has 1 aromatic rings. The molecule has 5 heteroatoms. The van der Waals surface area contributed by atoms with E-state index >= 15 is 0 Å². The first-order valence-electron chi connectivity index (χ1n) is 4.73. The lowest BCUT2D eigenvalue weighted by Gasteiger charge is -1.98. The summed E-state index contributed by atoms with van der Waals surface area (Å²) in [7, 11) is 1.71. The van der Waals surface area contributed by atoms with Crippen molar-refractivity contribution in [1.29, 1.82) is 0 Å². The van der Waals surface area contributed by atoms with Gasteiger partial charge < -0.3 is 15.6 Å². The molecule has 1 aliphatic rings. The second kappa shape index (κ2) is 3.59. The number of nitrogens with two attached hydrogens (primary N) is 1. The van der Waals surface area contributed by atoms with Crippen molar-refractivity contribution in [2.45, 2.75) is 25.0 Å². The summed E-state index contributed by atoms with van der Waals surface area (Å²) in [6.45, 7) is 0.514. The largest absolute Gasteiger partial charge is 0.394 e. The zero-order valence-corrected chi connectivity index (χ0v) is 8.18. The fourth-order valence-corrected chi connectivity index (χ4v) is 1.65. The van der Waals surface area contributed by atoms with Crippen LogP contribution >= 0.6 is 0 Å². The Balaban J connectivity index is 2.09. The number of anilines is 1. The molecule has 0 aliphatic heterocycles. The second-order valence-corrected chi connectivity index (χ2v) is 3.56. The van der Waals surface area contributed by atoms with E-state index in [0.29, 0.717) is 24.4 Å². The maximum absolute atomic E-state index is 8.76. The van der Waals surface area contributed by atoms with E-state index in [-0.39, 0.29) is 6.61 Å². The summed E-state index contributed by atoms with van der Waals surface area (Å²) in [4.78, 5) is 0. The van der Waals surface area contributed by atoms with E-state index in [1.807, 2.05) is 6.07 Å². The lowest BCUT2D eigenvalue weighted by atomic mass is 10.3. The second-order valence-electron chi connectivity index (χ2n) is 3.56. The van der Waals surface area contributed by atoms with Gasteiger partial charge in [0.15, 0.2) is 0 Å². The van der Waals surface area contributed by atoms with Gasteiger partial charge in [-0.15, -0.1) is 0 Å². The van der Waals surface area contributed by atoms with Gasteiger partial charge in [0.05, 0.1) is 24.9 Å². The van der Waals surface area contributed by atoms with Crippen molar-refractivity contribution in [3.63, 3.8) is 0 Å². The van der Waals surface area contributed by atoms with Gasteiger partial charge in [-0.1, -0.05) is 0 Å². The molecule has 1 saturated carbocycles. The molecule has 2 rings (SSSR count). The Morgan fingerprint density at radius 2 is 2.57 bits per heavy atom. The smallest absolute Gasteiger partial charge is 0.122 e. The van der Waals surface area contributed by atoms with Gasteiger partial charge in [0.1, 0.15) is 5.82 Å². The third kappa shape index (κ3) is 1.60. The SMILES string of the molecule is COC1CC1c1cc(N)n(CCO)n1. The lowest BCUT2D eigenvalue weighted by molar-refractivity contribution is 0.177. The summed E-state index contributed by atoms with van der Waals surface area (Å²) in [5, 5.41) is 13.1. The van der Waals surface area contributed by atoms with Crippen LogP contribution in [0, 0.1) is 0 Å². The van der Waals surface area contributed by atoms with Crippen molar-refractivity contribution in [2.75, 3.05) is 19.5 Å². The molecule has 5 nitrogen and oxygen atoms in total. The summed E-state index contributed by atoms with van der Waals surface area (Å²) < 4.78 is 6.82. The summed E-state index contributed by atoms with van der Waals surface area (Å²) in [5.41, 5.74) is 6.70. The van der Waals surface area contributed by atoms with E-state index in [4.69, 9.17) is 15.6 Å². The molecular weight excluding hydrogens is 182 g/mol. The lowest BCUT2D eigenvalue weighted by Crippen LogP contribution is -2.07. The molecule has 0 saturated heterocycles. The van der Waals surface area contributed by atoms with Crippen LogP contribution in [0.2, 0.25) is 0 Å². The number of aliphatic hydroxyl groups excluding tert-OH is 1. The summed E-state index contributed by atoms with van der Waals surface area (Å²) >= 11 is 0. The molecule has 0 amide bonds. The molecule has 0 aromatic carbocycles. The van der Waals surface area contributed by atoms with Crippen molar-refractivity contribution in [3.8, 4) is 0 Å². The van der Waals surface area contributed by atoms with Gasteiger partial charge in [-0.3, -0.25) is 0 Å². The van der Waals surface area contributed by atoms with Crippen molar-refractivity contribution >= 4 is 5.82 Å². The number of ether oxygens (including phenoxy) is 1. The van der Waals surface area contributed by atoms with Gasteiger partial charge in [-0.05, 0) is 6.42 Å². The molecule has 1 fully saturated rings. The molecule has 0 radical (unpaired) electrons. The van der Waals surface area contributed by atoms with Crippen molar-refractivity contribution < 1.29 is 9.84 Å². The average Bonchev–Trinajstić information content (AvgIpc) is 2.87. The Labute approximate surface area is 82.5 Å². The number of nitrogens with zero attached hydrogens (tertiary/aromatic N) is 2. The average molecular weight is 197 g/mol. The fourth-order valence-electron chi connectivity index (χ4n) is 1.65. The van der Waals surface area contributed by atoms with Crippen LogP contribution in [0.1, 0.15) is 18.0 Å². The van der Waals surface area contributed by atoms with Gasteiger partial charge >= 0.3 is 0 Å². The third-order valence-corrected chi connectivity index (χ3v) is 2.56. The number of hydrogen-bond acceptors (Lipinski definition) is 4. The molecule has 1 aromatic heterocycles. The minimum absolute atomic E-state index is 0.0592. The van der Waals surface area contributed by atoms with E-state index in [0.717, 1.165) is 12.1 Å². The number of rotatable bonds is 4. The highest BCUT2D eigenvalue weighted by Gasteiger charge is 2.40. The quantitative estimate of drug-likeness (QED) is 0.710. The Morgan fingerprint density at radius 1 is 1.79 bits per heavy atom. The van der Waals surface area contributed by atoms with E-state index in [1.165, 1.54) is 0 Å². The molecule has 2 unspecified atom stereocenters. The fraction of sp³-hybridized carbons (Fsp3) is 0.667. The van der Waals surface area contributed by atoms with Gasteiger partial charge in [0.2, 0.25) is 0 Å².